The van der Waals surface area contributed by atoms with E-state index in [-0.39, 0.29) is 24.0 Å². The van der Waals surface area contributed by atoms with Crippen molar-refractivity contribution in [1.29, 1.82) is 0 Å². The first-order valence-corrected chi connectivity index (χ1v) is 11.8. The van der Waals surface area contributed by atoms with Gasteiger partial charge in [-0.2, -0.15) is 0 Å². The molecule has 166 valence electrons. The normalized spacial score (nSPS) is 20.3. The Labute approximate surface area is 187 Å². The van der Waals surface area contributed by atoms with Crippen LogP contribution in [0.3, 0.4) is 0 Å². The van der Waals surface area contributed by atoms with Crippen molar-refractivity contribution in [3.05, 3.63) is 28.2 Å². The molecule has 1 aromatic rings. The van der Waals surface area contributed by atoms with Crippen LogP contribution in [-0.2, 0) is 16.0 Å². The summed E-state index contributed by atoms with van der Waals surface area (Å²) in [6.45, 7) is 6.32. The summed E-state index contributed by atoms with van der Waals surface area (Å²) in [5, 5.41) is 18.5. The third kappa shape index (κ3) is 6.20. The number of aliphatic carboxylic acids is 1. The number of carbonyl (C=O) groups excluding carboxylic acids is 1. The van der Waals surface area contributed by atoms with Crippen molar-refractivity contribution < 1.29 is 19.8 Å². The number of aromatic hydroxyl groups is 1. The summed E-state index contributed by atoms with van der Waals surface area (Å²) in [4.78, 5) is 28.0. The van der Waals surface area contributed by atoms with E-state index in [0.717, 1.165) is 57.4 Å². The van der Waals surface area contributed by atoms with Crippen LogP contribution < -0.4 is 0 Å². The Morgan fingerprint density at radius 1 is 1.10 bits per heavy atom. The van der Waals surface area contributed by atoms with Crippen LogP contribution >= 0.6 is 15.9 Å². The maximum absolute atomic E-state index is 12.9. The average Bonchev–Trinajstić information content (AvgIpc) is 2.75. The topological polar surface area (TPSA) is 81.1 Å². The fourth-order valence-corrected chi connectivity index (χ4v) is 5.35. The van der Waals surface area contributed by atoms with Gasteiger partial charge in [-0.25, -0.2) is 0 Å². The molecular formula is C23H33BrN2O4. The second-order valence-corrected chi connectivity index (χ2v) is 9.73. The van der Waals surface area contributed by atoms with Crippen LogP contribution in [0.5, 0.6) is 5.75 Å². The monoisotopic (exact) mass is 480 g/mol. The summed E-state index contributed by atoms with van der Waals surface area (Å²) < 4.78 is 0.662. The molecule has 1 aromatic carbocycles. The van der Waals surface area contributed by atoms with E-state index in [1.807, 2.05) is 24.0 Å². The van der Waals surface area contributed by atoms with Crippen LogP contribution in [0.1, 0.15) is 44.6 Å². The van der Waals surface area contributed by atoms with Crippen molar-refractivity contribution in [2.45, 2.75) is 45.4 Å². The van der Waals surface area contributed by atoms with Gasteiger partial charge in [0.25, 0.3) is 0 Å². The Hall–Kier alpha value is -1.60. The molecule has 30 heavy (non-hydrogen) atoms. The highest BCUT2D eigenvalue weighted by molar-refractivity contribution is 9.10. The van der Waals surface area contributed by atoms with Crippen molar-refractivity contribution >= 4 is 27.8 Å². The molecule has 0 radical (unpaired) electrons. The number of likely N-dealkylation sites (tertiary alicyclic amines) is 2. The molecular weight excluding hydrogens is 448 g/mol. The van der Waals surface area contributed by atoms with Gasteiger partial charge in [-0.3, -0.25) is 9.59 Å². The van der Waals surface area contributed by atoms with Gasteiger partial charge < -0.3 is 20.0 Å². The standard InChI is InChI=1S/C23H33BrN2O4/c1-16(14-17-2-3-21(27)20(24)15-17)23(30)26-12-6-19(7-13-26)18-4-9-25(10-5-18)11-8-22(28)29/h2-3,15-16,18-19,27H,4-14H2,1H3,(H,28,29)/t16-/m1/s1. The predicted molar refractivity (Wildman–Crippen MR) is 119 cm³/mol. The lowest BCUT2D eigenvalue weighted by atomic mass is 9.78. The highest BCUT2D eigenvalue weighted by atomic mass is 79.9. The van der Waals surface area contributed by atoms with E-state index in [1.54, 1.807) is 6.07 Å². The predicted octanol–water partition coefficient (Wildman–Crippen LogP) is 3.76. The lowest BCUT2D eigenvalue weighted by Crippen LogP contribution is -2.44. The first-order valence-electron chi connectivity index (χ1n) is 11.0. The van der Waals surface area contributed by atoms with E-state index in [9.17, 15) is 14.7 Å². The molecule has 2 aliphatic rings. The molecule has 6 nitrogen and oxygen atoms in total. The number of piperidine rings is 2. The van der Waals surface area contributed by atoms with Crippen LogP contribution in [0.4, 0.5) is 0 Å². The summed E-state index contributed by atoms with van der Waals surface area (Å²) in [6, 6.07) is 5.42. The second-order valence-electron chi connectivity index (χ2n) is 8.88. The Bertz CT molecular complexity index is 741. The van der Waals surface area contributed by atoms with Crippen LogP contribution in [-0.4, -0.2) is 64.6 Å². The summed E-state index contributed by atoms with van der Waals surface area (Å²) >= 11 is 3.34. The molecule has 0 unspecified atom stereocenters. The fourth-order valence-electron chi connectivity index (χ4n) is 4.92. The van der Waals surface area contributed by atoms with Crippen LogP contribution in [0.15, 0.2) is 22.7 Å². The number of carbonyl (C=O) groups is 2. The van der Waals surface area contributed by atoms with Gasteiger partial charge in [-0.15, -0.1) is 0 Å². The van der Waals surface area contributed by atoms with Gasteiger partial charge in [0, 0.05) is 25.6 Å². The molecule has 2 N–H and O–H groups in total. The molecule has 0 bridgehead atoms. The number of benzene rings is 1. The highest BCUT2D eigenvalue weighted by Gasteiger charge is 2.32. The SMILES string of the molecule is C[C@H](Cc1ccc(O)c(Br)c1)C(=O)N1CCC(C2CCN(CCC(=O)O)CC2)CC1. The number of rotatable bonds is 7. The minimum absolute atomic E-state index is 0.0736. The van der Waals surface area contributed by atoms with E-state index in [1.165, 1.54) is 0 Å². The first-order chi connectivity index (χ1) is 14.3. The number of nitrogens with zero attached hydrogens (tertiary/aromatic N) is 2. The summed E-state index contributed by atoms with van der Waals surface area (Å²) in [6.07, 6.45) is 5.33. The Balaban J connectivity index is 1.42. The summed E-state index contributed by atoms with van der Waals surface area (Å²) in [7, 11) is 0. The Morgan fingerprint density at radius 2 is 1.70 bits per heavy atom. The number of phenolic OH excluding ortho intramolecular Hbond substituents is 1. The van der Waals surface area contributed by atoms with Gasteiger partial charge in [0.1, 0.15) is 5.75 Å². The van der Waals surface area contributed by atoms with Gasteiger partial charge in [0.2, 0.25) is 5.91 Å². The number of hydrogen-bond donors (Lipinski definition) is 2. The molecule has 1 atom stereocenters. The minimum Gasteiger partial charge on any atom is -0.507 e. The molecule has 0 spiro atoms. The second kappa shape index (κ2) is 10.6. The molecule has 1 amide bonds. The molecule has 2 aliphatic heterocycles. The minimum atomic E-state index is -0.721. The van der Waals surface area contributed by atoms with E-state index >= 15 is 0 Å². The number of amides is 1. The zero-order chi connectivity index (χ0) is 21.7. The van der Waals surface area contributed by atoms with Gasteiger partial charge in [0.05, 0.1) is 10.9 Å². The van der Waals surface area contributed by atoms with Crippen molar-refractivity contribution in [3.63, 3.8) is 0 Å². The number of carboxylic acids is 1. The molecule has 2 fully saturated rings. The van der Waals surface area contributed by atoms with Crippen LogP contribution in [0.25, 0.3) is 0 Å². The van der Waals surface area contributed by atoms with Crippen molar-refractivity contribution in [1.82, 2.24) is 9.80 Å². The Kier molecular flexibility index (Phi) is 8.17. The zero-order valence-electron chi connectivity index (χ0n) is 17.7. The Morgan fingerprint density at radius 3 is 2.27 bits per heavy atom. The molecule has 2 saturated heterocycles. The van der Waals surface area contributed by atoms with Gasteiger partial charge in [-0.1, -0.05) is 13.0 Å². The van der Waals surface area contributed by atoms with Crippen molar-refractivity contribution in [2.24, 2.45) is 17.8 Å². The largest absolute Gasteiger partial charge is 0.507 e. The van der Waals surface area contributed by atoms with E-state index in [0.29, 0.717) is 29.3 Å². The van der Waals surface area contributed by atoms with Gasteiger partial charge in [0.15, 0.2) is 0 Å². The van der Waals surface area contributed by atoms with Crippen LogP contribution in [0, 0.1) is 17.8 Å². The molecule has 3 rings (SSSR count). The average molecular weight is 481 g/mol. The van der Waals surface area contributed by atoms with E-state index < -0.39 is 5.97 Å². The van der Waals surface area contributed by atoms with Gasteiger partial charge >= 0.3 is 5.97 Å². The van der Waals surface area contributed by atoms with Crippen molar-refractivity contribution in [3.8, 4) is 5.75 Å². The highest BCUT2D eigenvalue weighted by Crippen LogP contribution is 2.33. The molecule has 0 aromatic heterocycles. The number of hydrogen-bond acceptors (Lipinski definition) is 4. The lowest BCUT2D eigenvalue weighted by molar-refractivity contribution is -0.138. The molecule has 7 heteroatoms. The van der Waals surface area contributed by atoms with E-state index in [2.05, 4.69) is 20.8 Å². The third-order valence-corrected chi connectivity index (χ3v) is 7.40. The quantitative estimate of drug-likeness (QED) is 0.620. The first kappa shape index (κ1) is 23.1. The number of phenols is 1. The molecule has 0 saturated carbocycles. The summed E-state index contributed by atoms with van der Waals surface area (Å²) in [5.74, 6) is 1.03. The smallest absolute Gasteiger partial charge is 0.304 e. The fraction of sp³-hybridized carbons (Fsp3) is 0.652. The maximum atomic E-state index is 12.9. The van der Waals surface area contributed by atoms with E-state index in [4.69, 9.17) is 5.11 Å². The molecule has 0 aliphatic carbocycles. The van der Waals surface area contributed by atoms with Crippen molar-refractivity contribution in [2.75, 3.05) is 32.7 Å². The zero-order valence-corrected chi connectivity index (χ0v) is 19.3. The number of carboxylic acid groups (broad SMARTS) is 1. The summed E-state index contributed by atoms with van der Waals surface area (Å²) in [5.41, 5.74) is 1.05. The number of halogens is 1. The lowest BCUT2D eigenvalue weighted by Gasteiger charge is -2.40. The molecule has 2 heterocycles. The maximum Gasteiger partial charge on any atom is 0.304 e. The van der Waals surface area contributed by atoms with Gasteiger partial charge in [-0.05, 0) is 90.7 Å². The van der Waals surface area contributed by atoms with Crippen LogP contribution in [0.2, 0.25) is 0 Å². The third-order valence-electron chi connectivity index (χ3n) is 6.77.